The summed E-state index contributed by atoms with van der Waals surface area (Å²) in [4.78, 5) is 20.6. The van der Waals surface area contributed by atoms with Crippen LogP contribution >= 0.6 is 0 Å². The van der Waals surface area contributed by atoms with E-state index in [9.17, 15) is 4.79 Å². The van der Waals surface area contributed by atoms with Crippen LogP contribution < -0.4 is 10.6 Å². The highest BCUT2D eigenvalue weighted by molar-refractivity contribution is 5.77. The van der Waals surface area contributed by atoms with Crippen LogP contribution in [0.1, 0.15) is 34.0 Å². The number of aryl methyl sites for hydroxylation is 2. The molecule has 3 heterocycles. The molecule has 0 bridgehead atoms. The number of nitrogens with one attached hydrogen (secondary N) is 3. The lowest BCUT2D eigenvalue weighted by Gasteiger charge is -2.21. The van der Waals surface area contributed by atoms with Gasteiger partial charge in [-0.1, -0.05) is 0 Å². The molecule has 1 amide bonds. The number of amides is 1. The Balaban J connectivity index is 1.67. The summed E-state index contributed by atoms with van der Waals surface area (Å²) >= 11 is 0. The number of rotatable bonds is 4. The van der Waals surface area contributed by atoms with Gasteiger partial charge < -0.3 is 10.6 Å². The van der Waals surface area contributed by atoms with Gasteiger partial charge in [0.05, 0.1) is 6.42 Å². The molecule has 7 heteroatoms. The molecule has 1 aliphatic rings. The maximum Gasteiger partial charge on any atom is 0.228 e. The Morgan fingerprint density at radius 1 is 1.41 bits per heavy atom. The van der Waals surface area contributed by atoms with Crippen LogP contribution in [0, 0.1) is 13.8 Å². The summed E-state index contributed by atoms with van der Waals surface area (Å²) in [5, 5.41) is 13.0. The minimum absolute atomic E-state index is 0.0788. The first-order valence-electron chi connectivity index (χ1n) is 7.45. The summed E-state index contributed by atoms with van der Waals surface area (Å²) in [5.74, 6) is 1.15. The molecule has 0 radical (unpaired) electrons. The quantitative estimate of drug-likeness (QED) is 0.756. The van der Waals surface area contributed by atoms with Crippen molar-refractivity contribution in [2.24, 2.45) is 0 Å². The third-order valence-electron chi connectivity index (χ3n) is 3.89. The van der Waals surface area contributed by atoms with E-state index in [0.717, 1.165) is 30.8 Å². The van der Waals surface area contributed by atoms with Crippen molar-refractivity contribution < 1.29 is 4.79 Å². The van der Waals surface area contributed by atoms with Crippen LogP contribution in [0.5, 0.6) is 0 Å². The summed E-state index contributed by atoms with van der Waals surface area (Å²) in [5.41, 5.74) is 4.67. The summed E-state index contributed by atoms with van der Waals surface area (Å²) in [7, 11) is 0. The number of aromatic amines is 1. The summed E-state index contributed by atoms with van der Waals surface area (Å²) in [6, 6.07) is 0. The number of fused-ring (bicyclic) bond motifs is 1. The molecule has 7 nitrogen and oxygen atoms in total. The van der Waals surface area contributed by atoms with Crippen molar-refractivity contribution in [2.45, 2.75) is 39.8 Å². The van der Waals surface area contributed by atoms with Gasteiger partial charge >= 0.3 is 0 Å². The number of pyridine rings is 1. The van der Waals surface area contributed by atoms with Crippen LogP contribution in [0.2, 0.25) is 0 Å². The number of carbonyl (C=O) groups is 1. The van der Waals surface area contributed by atoms with Gasteiger partial charge in [-0.15, -0.1) is 0 Å². The number of aromatic nitrogens is 4. The van der Waals surface area contributed by atoms with Crippen LogP contribution in [0.25, 0.3) is 0 Å². The van der Waals surface area contributed by atoms with E-state index in [2.05, 4.69) is 30.8 Å². The molecular formula is C15H20N6O. The zero-order chi connectivity index (χ0) is 15.5. The maximum atomic E-state index is 12.0. The lowest BCUT2D eigenvalue weighted by Crippen LogP contribution is -2.29. The lowest BCUT2D eigenvalue weighted by molar-refractivity contribution is -0.120. The van der Waals surface area contributed by atoms with Gasteiger partial charge in [0.1, 0.15) is 5.82 Å². The van der Waals surface area contributed by atoms with Crippen molar-refractivity contribution in [3.63, 3.8) is 0 Å². The Morgan fingerprint density at radius 2 is 2.27 bits per heavy atom. The SMILES string of the molecule is Cc1nc(CC(=O)NCc2c(C)ncc3c2CCNC3)n[nH]1. The molecule has 1 aliphatic heterocycles. The average Bonchev–Trinajstić information content (AvgIpc) is 2.91. The van der Waals surface area contributed by atoms with Crippen LogP contribution in [-0.4, -0.2) is 32.6 Å². The first-order valence-corrected chi connectivity index (χ1v) is 7.45. The standard InChI is InChI=1S/C15H20N6O/c1-9-13(12-3-4-16-6-11(12)7-17-9)8-18-15(22)5-14-19-10(2)20-21-14/h7,16H,3-6,8H2,1-2H3,(H,18,22)(H,19,20,21). The number of H-pyrrole nitrogens is 1. The van der Waals surface area contributed by atoms with E-state index < -0.39 is 0 Å². The predicted octanol–water partition coefficient (Wildman–Crippen LogP) is 0.321. The molecule has 0 saturated carbocycles. The minimum Gasteiger partial charge on any atom is -0.352 e. The van der Waals surface area contributed by atoms with Gasteiger partial charge in [-0.2, -0.15) is 5.10 Å². The molecule has 22 heavy (non-hydrogen) atoms. The second-order valence-corrected chi connectivity index (χ2v) is 5.54. The van der Waals surface area contributed by atoms with Crippen LogP contribution in [-0.2, 0) is 30.7 Å². The minimum atomic E-state index is -0.0788. The molecule has 0 unspecified atom stereocenters. The fourth-order valence-corrected chi connectivity index (χ4v) is 2.74. The third-order valence-corrected chi connectivity index (χ3v) is 3.89. The summed E-state index contributed by atoms with van der Waals surface area (Å²) in [6.45, 7) is 6.12. The average molecular weight is 300 g/mol. The molecule has 3 rings (SSSR count). The fraction of sp³-hybridized carbons (Fsp3) is 0.467. The van der Waals surface area contributed by atoms with E-state index in [1.54, 1.807) is 0 Å². The van der Waals surface area contributed by atoms with E-state index in [0.29, 0.717) is 18.2 Å². The van der Waals surface area contributed by atoms with Gasteiger partial charge in [0, 0.05) is 25.0 Å². The van der Waals surface area contributed by atoms with Crippen LogP contribution in [0.3, 0.4) is 0 Å². The highest BCUT2D eigenvalue weighted by Gasteiger charge is 2.16. The molecule has 0 fully saturated rings. The molecule has 0 spiro atoms. The molecule has 2 aromatic rings. The highest BCUT2D eigenvalue weighted by atomic mass is 16.1. The van der Waals surface area contributed by atoms with Gasteiger partial charge in [-0.25, -0.2) is 4.98 Å². The van der Waals surface area contributed by atoms with E-state index >= 15 is 0 Å². The molecule has 0 aliphatic carbocycles. The molecule has 3 N–H and O–H groups in total. The van der Waals surface area contributed by atoms with E-state index in [-0.39, 0.29) is 12.3 Å². The number of carbonyl (C=O) groups excluding carboxylic acids is 1. The summed E-state index contributed by atoms with van der Waals surface area (Å²) < 4.78 is 0. The Labute approximate surface area is 129 Å². The maximum absolute atomic E-state index is 12.0. The van der Waals surface area contributed by atoms with Crippen molar-refractivity contribution in [1.29, 1.82) is 0 Å². The first kappa shape index (κ1) is 14.6. The number of nitrogens with zero attached hydrogens (tertiary/aromatic N) is 3. The van der Waals surface area contributed by atoms with Gasteiger partial charge in [0.15, 0.2) is 5.82 Å². The number of hydrogen-bond donors (Lipinski definition) is 3. The van der Waals surface area contributed by atoms with Crippen molar-refractivity contribution in [2.75, 3.05) is 6.54 Å². The van der Waals surface area contributed by atoms with Crippen molar-refractivity contribution in [1.82, 2.24) is 30.8 Å². The van der Waals surface area contributed by atoms with Gasteiger partial charge in [-0.05, 0) is 43.5 Å². The molecule has 2 aromatic heterocycles. The predicted molar refractivity (Wildman–Crippen MR) is 81.1 cm³/mol. The molecule has 0 aromatic carbocycles. The molecular weight excluding hydrogens is 280 g/mol. The third kappa shape index (κ3) is 3.14. The normalized spacial score (nSPS) is 13.7. The Hall–Kier alpha value is -2.28. The fourth-order valence-electron chi connectivity index (χ4n) is 2.74. The van der Waals surface area contributed by atoms with Crippen molar-refractivity contribution in [3.8, 4) is 0 Å². The Morgan fingerprint density at radius 3 is 3.05 bits per heavy atom. The highest BCUT2D eigenvalue weighted by Crippen LogP contribution is 2.20. The largest absolute Gasteiger partial charge is 0.352 e. The van der Waals surface area contributed by atoms with E-state index in [4.69, 9.17) is 0 Å². The lowest BCUT2D eigenvalue weighted by atomic mass is 9.96. The van der Waals surface area contributed by atoms with E-state index in [1.807, 2.05) is 20.0 Å². The molecule has 0 atom stereocenters. The molecule has 116 valence electrons. The van der Waals surface area contributed by atoms with Gasteiger partial charge in [-0.3, -0.25) is 14.9 Å². The van der Waals surface area contributed by atoms with Crippen LogP contribution in [0.4, 0.5) is 0 Å². The zero-order valence-corrected chi connectivity index (χ0v) is 12.9. The second kappa shape index (κ2) is 6.23. The van der Waals surface area contributed by atoms with Crippen molar-refractivity contribution in [3.05, 3.63) is 40.2 Å². The van der Waals surface area contributed by atoms with Crippen LogP contribution in [0.15, 0.2) is 6.20 Å². The topological polar surface area (TPSA) is 95.6 Å². The monoisotopic (exact) mass is 300 g/mol. The second-order valence-electron chi connectivity index (χ2n) is 5.54. The smallest absolute Gasteiger partial charge is 0.228 e. The number of hydrogen-bond acceptors (Lipinski definition) is 5. The first-order chi connectivity index (χ1) is 10.6. The van der Waals surface area contributed by atoms with Gasteiger partial charge in [0.25, 0.3) is 0 Å². The zero-order valence-electron chi connectivity index (χ0n) is 12.9. The Bertz CT molecular complexity index is 693. The van der Waals surface area contributed by atoms with E-state index in [1.165, 1.54) is 11.1 Å². The van der Waals surface area contributed by atoms with Gasteiger partial charge in [0.2, 0.25) is 5.91 Å². The molecule has 0 saturated heterocycles. The Kier molecular flexibility index (Phi) is 4.15. The summed E-state index contributed by atoms with van der Waals surface area (Å²) in [6.07, 6.45) is 3.09. The van der Waals surface area contributed by atoms with Crippen molar-refractivity contribution >= 4 is 5.91 Å².